The van der Waals surface area contributed by atoms with E-state index in [0.29, 0.717) is 11.1 Å². The summed E-state index contributed by atoms with van der Waals surface area (Å²) in [4.78, 5) is 6.86. The van der Waals surface area contributed by atoms with Crippen molar-refractivity contribution in [3.05, 3.63) is 272 Å². The van der Waals surface area contributed by atoms with Gasteiger partial charge in [0.25, 0.3) is 0 Å². The molecule has 11 aromatic carbocycles. The van der Waals surface area contributed by atoms with Crippen LogP contribution in [-0.4, -0.2) is 13.3 Å². The molecule has 0 amide bonds. The molecule has 0 bridgehead atoms. The Morgan fingerprint density at radius 1 is 0.273 bits per heavy atom. The quantitative estimate of drug-likeness (QED) is 0.139. The van der Waals surface area contributed by atoms with Gasteiger partial charge in [-0.05, 0) is 0 Å². The molecule has 362 valence electrons. The summed E-state index contributed by atoms with van der Waals surface area (Å²) in [6, 6.07) is 95.5. The predicted octanol–water partition coefficient (Wildman–Crippen LogP) is 15.2. The Hall–Kier alpha value is -10.3. The van der Waals surface area contributed by atoms with Crippen LogP contribution in [0.1, 0.15) is 11.1 Å². The molecule has 3 heterocycles. The third-order valence-corrected chi connectivity index (χ3v) is 24.9. The van der Waals surface area contributed by atoms with Gasteiger partial charge in [0.05, 0.1) is 0 Å². The van der Waals surface area contributed by atoms with Gasteiger partial charge in [-0.1, -0.05) is 0 Å². The average Bonchev–Trinajstić information content (AvgIpc) is 3.52. The SMILES string of the molecule is N#Cc1ccc(-c2cc[c]([Ge]([c]3ccc(N4c5ccccc5Oc5ccccc54)cc3)([c]3ccc(N4c5ccccc5Oc5ccccc54)cc3)[c]3ccc(N4c5ccccc5Oc5ccccc54)cc3)cc2)cc1C#N. The van der Waals surface area contributed by atoms with Crippen LogP contribution < -0.4 is 46.5 Å². The molecule has 77 heavy (non-hydrogen) atoms. The molecule has 9 heteroatoms. The Labute approximate surface area is 448 Å². The van der Waals surface area contributed by atoms with Crippen molar-refractivity contribution in [1.82, 2.24) is 0 Å². The summed E-state index contributed by atoms with van der Waals surface area (Å²) in [5.74, 6) is 4.77. The van der Waals surface area contributed by atoms with Crippen molar-refractivity contribution in [3.8, 4) is 57.8 Å². The van der Waals surface area contributed by atoms with E-state index in [9.17, 15) is 10.5 Å². The van der Waals surface area contributed by atoms with Crippen molar-refractivity contribution in [3.63, 3.8) is 0 Å². The number of nitrogens with zero attached hydrogens (tertiary/aromatic N) is 5. The third kappa shape index (κ3) is 7.50. The number of para-hydroxylation sites is 12. The van der Waals surface area contributed by atoms with Gasteiger partial charge in [-0.2, -0.15) is 0 Å². The Morgan fingerprint density at radius 2 is 0.532 bits per heavy atom. The number of nitriles is 2. The van der Waals surface area contributed by atoms with Crippen LogP contribution in [0.3, 0.4) is 0 Å². The summed E-state index contributed by atoms with van der Waals surface area (Å²) < 4.78 is 24.2. The van der Waals surface area contributed by atoms with Crippen molar-refractivity contribution in [2.24, 2.45) is 0 Å². The standard InChI is InChI=1S/C68H43GeN5O3/c70-44-48-26-25-47(43-49(48)45-71)46-27-29-50(30-28-46)69(51-31-37-54(38-32-51)72-57-13-1-7-19-63(57)75-64-20-8-2-14-58(64)72,52-33-39-55(40-34-52)73-59-15-3-9-21-65(59)76-66-22-10-4-16-60(66)73)53-35-41-56(42-36-53)74-61-17-5-11-23-67(61)77-68-24-12-6-18-62(68)74/h1-43H. The first-order chi connectivity index (χ1) is 38.1. The first-order valence-corrected chi connectivity index (χ1v) is 29.6. The molecule has 14 rings (SSSR count). The topological polar surface area (TPSA) is 85.0 Å². The zero-order valence-corrected chi connectivity index (χ0v) is 43.4. The fourth-order valence-electron chi connectivity index (χ4n) is 11.4. The van der Waals surface area contributed by atoms with E-state index >= 15 is 0 Å². The summed E-state index contributed by atoms with van der Waals surface area (Å²) in [7, 11) is 0. The minimum atomic E-state index is -4.17. The Morgan fingerprint density at radius 3 is 0.818 bits per heavy atom. The Bertz CT molecular complexity index is 3710. The van der Waals surface area contributed by atoms with Gasteiger partial charge >= 0.3 is 451 Å². The summed E-state index contributed by atoms with van der Waals surface area (Å²) in [5.41, 5.74) is 11.4. The van der Waals surface area contributed by atoms with Crippen LogP contribution in [0.25, 0.3) is 11.1 Å². The molecule has 0 fully saturated rings. The molecule has 11 aromatic rings. The van der Waals surface area contributed by atoms with Gasteiger partial charge in [-0.25, -0.2) is 0 Å². The van der Waals surface area contributed by atoms with Crippen LogP contribution in [-0.2, 0) is 0 Å². The van der Waals surface area contributed by atoms with Crippen molar-refractivity contribution < 1.29 is 14.2 Å². The van der Waals surface area contributed by atoms with Gasteiger partial charge in [0.2, 0.25) is 0 Å². The maximum absolute atomic E-state index is 10.0. The normalized spacial score (nSPS) is 12.6. The van der Waals surface area contributed by atoms with E-state index in [1.807, 2.05) is 84.9 Å². The molecule has 0 N–H and O–H groups in total. The second-order valence-corrected chi connectivity index (χ2v) is 27.1. The zero-order valence-electron chi connectivity index (χ0n) is 41.3. The fourth-order valence-corrected chi connectivity index (χ4v) is 21.1. The molecule has 0 atom stereocenters. The van der Waals surface area contributed by atoms with Gasteiger partial charge in [0, 0.05) is 0 Å². The van der Waals surface area contributed by atoms with Gasteiger partial charge in [0.1, 0.15) is 0 Å². The molecule has 3 aliphatic heterocycles. The molecular weight excluding hydrogens is 1010 g/mol. The number of rotatable bonds is 8. The third-order valence-electron chi connectivity index (χ3n) is 14.9. The van der Waals surface area contributed by atoms with E-state index in [2.05, 4.69) is 197 Å². The monoisotopic (exact) mass is 1050 g/mol. The van der Waals surface area contributed by atoms with Gasteiger partial charge in [-0.3, -0.25) is 0 Å². The van der Waals surface area contributed by atoms with Gasteiger partial charge in [-0.15, -0.1) is 0 Å². The van der Waals surface area contributed by atoms with E-state index in [0.717, 1.165) is 96.8 Å². The second kappa shape index (κ2) is 18.6. The summed E-state index contributed by atoms with van der Waals surface area (Å²) in [5, 5.41) is 19.8. The van der Waals surface area contributed by atoms with Crippen LogP contribution >= 0.6 is 0 Å². The number of hydrogen-bond acceptors (Lipinski definition) is 8. The van der Waals surface area contributed by atoms with Gasteiger partial charge < -0.3 is 0 Å². The fraction of sp³-hybridized carbons (Fsp3) is 0. The van der Waals surface area contributed by atoms with E-state index in [4.69, 9.17) is 14.2 Å². The van der Waals surface area contributed by atoms with Crippen LogP contribution in [0.5, 0.6) is 34.5 Å². The summed E-state index contributed by atoms with van der Waals surface area (Å²) in [6.07, 6.45) is 0. The molecule has 8 nitrogen and oxygen atoms in total. The zero-order chi connectivity index (χ0) is 51.5. The van der Waals surface area contributed by atoms with Crippen LogP contribution in [0, 0.1) is 22.7 Å². The van der Waals surface area contributed by atoms with Crippen LogP contribution in [0.2, 0.25) is 0 Å². The molecule has 0 unspecified atom stereocenters. The van der Waals surface area contributed by atoms with Crippen molar-refractivity contribution in [2.75, 3.05) is 14.7 Å². The van der Waals surface area contributed by atoms with Crippen molar-refractivity contribution in [1.29, 1.82) is 10.5 Å². The minimum absolute atomic E-state index is 0.350. The van der Waals surface area contributed by atoms with Crippen molar-refractivity contribution in [2.45, 2.75) is 0 Å². The number of anilines is 9. The number of hydrogen-bond donors (Lipinski definition) is 0. The van der Waals surface area contributed by atoms with E-state index in [-0.39, 0.29) is 0 Å². The van der Waals surface area contributed by atoms with Gasteiger partial charge in [0.15, 0.2) is 0 Å². The van der Waals surface area contributed by atoms with E-state index < -0.39 is 13.3 Å². The number of fused-ring (bicyclic) bond motifs is 6. The second-order valence-electron chi connectivity index (χ2n) is 19.1. The maximum atomic E-state index is 10.0. The molecule has 3 aliphatic rings. The molecular formula is C68H43GeN5O3. The molecule has 0 spiro atoms. The van der Waals surface area contributed by atoms with Crippen LogP contribution in [0.15, 0.2) is 261 Å². The van der Waals surface area contributed by atoms with E-state index in [1.54, 1.807) is 6.07 Å². The van der Waals surface area contributed by atoms with E-state index in [1.165, 1.54) is 17.6 Å². The summed E-state index contributed by atoms with van der Waals surface area (Å²) >= 11 is -4.17. The molecule has 0 aromatic heterocycles. The molecule has 0 saturated heterocycles. The van der Waals surface area contributed by atoms with Crippen molar-refractivity contribution >= 4 is 82.0 Å². The molecule has 0 saturated carbocycles. The Balaban J connectivity index is 0.983. The first kappa shape index (κ1) is 45.4. The van der Waals surface area contributed by atoms with Crippen LogP contribution in [0.4, 0.5) is 51.2 Å². The average molecular weight is 1050 g/mol. The Kier molecular flexibility index (Phi) is 11.0. The summed E-state index contributed by atoms with van der Waals surface area (Å²) in [6.45, 7) is 0. The number of benzene rings is 11. The predicted molar refractivity (Wildman–Crippen MR) is 309 cm³/mol. The molecule has 0 aliphatic carbocycles. The first-order valence-electron chi connectivity index (χ1n) is 25.4. The molecule has 0 radical (unpaired) electrons. The number of ether oxygens (including phenoxy) is 3.